The van der Waals surface area contributed by atoms with Gasteiger partial charge in [-0.25, -0.2) is 0 Å². The molecule has 24 heavy (non-hydrogen) atoms. The summed E-state index contributed by atoms with van der Waals surface area (Å²) in [5, 5.41) is 2.92. The molecule has 4 heteroatoms. The zero-order valence-corrected chi connectivity index (χ0v) is 14.5. The van der Waals surface area contributed by atoms with Crippen molar-refractivity contribution in [3.05, 3.63) is 60.2 Å². The highest BCUT2D eigenvalue weighted by Crippen LogP contribution is 2.22. The van der Waals surface area contributed by atoms with Crippen molar-refractivity contribution >= 4 is 11.6 Å². The van der Waals surface area contributed by atoms with Crippen LogP contribution in [0.5, 0.6) is 5.75 Å². The maximum atomic E-state index is 12.5. The van der Waals surface area contributed by atoms with E-state index in [2.05, 4.69) is 19.2 Å². The Kier molecular flexibility index (Phi) is 6.38. The topological polar surface area (TPSA) is 64.3 Å². The first-order valence-electron chi connectivity index (χ1n) is 8.31. The molecule has 0 aliphatic carbocycles. The average Bonchev–Trinajstić information content (AvgIpc) is 2.59. The van der Waals surface area contributed by atoms with Crippen LogP contribution in [-0.4, -0.2) is 12.5 Å². The van der Waals surface area contributed by atoms with Crippen molar-refractivity contribution in [1.82, 2.24) is 0 Å². The van der Waals surface area contributed by atoms with Crippen molar-refractivity contribution < 1.29 is 9.53 Å². The maximum absolute atomic E-state index is 12.5. The first-order valence-corrected chi connectivity index (χ1v) is 8.31. The van der Waals surface area contributed by atoms with Crippen molar-refractivity contribution in [2.45, 2.75) is 26.8 Å². The molecule has 3 N–H and O–H groups in total. The molecule has 2 rings (SSSR count). The summed E-state index contributed by atoms with van der Waals surface area (Å²) >= 11 is 0. The van der Waals surface area contributed by atoms with Crippen LogP contribution in [0.4, 0.5) is 5.69 Å². The molecule has 0 fully saturated rings. The van der Waals surface area contributed by atoms with Gasteiger partial charge in [0.05, 0.1) is 12.5 Å². The Morgan fingerprint density at radius 3 is 2.46 bits per heavy atom. The molecule has 2 aromatic carbocycles. The molecule has 2 unspecified atom stereocenters. The number of carbonyl (C=O) groups excluding carboxylic acids is 1. The number of anilines is 1. The maximum Gasteiger partial charge on any atom is 0.229 e. The highest BCUT2D eigenvalue weighted by atomic mass is 16.5. The van der Waals surface area contributed by atoms with Crippen LogP contribution in [0.15, 0.2) is 54.6 Å². The van der Waals surface area contributed by atoms with E-state index < -0.39 is 0 Å². The van der Waals surface area contributed by atoms with Crippen molar-refractivity contribution in [3.63, 3.8) is 0 Å². The molecular formula is C20H26N2O2. The second-order valence-electron chi connectivity index (χ2n) is 6.45. The largest absolute Gasteiger partial charge is 0.493 e. The Morgan fingerprint density at radius 2 is 1.79 bits per heavy atom. The molecule has 2 atom stereocenters. The van der Waals surface area contributed by atoms with E-state index in [0.29, 0.717) is 18.2 Å². The Labute approximate surface area is 144 Å². The van der Waals surface area contributed by atoms with Crippen molar-refractivity contribution in [3.8, 4) is 5.75 Å². The second kappa shape index (κ2) is 8.50. The Hall–Kier alpha value is -2.33. The van der Waals surface area contributed by atoms with Crippen LogP contribution in [0.1, 0.15) is 32.4 Å². The summed E-state index contributed by atoms with van der Waals surface area (Å²) in [6, 6.07) is 16.8. The monoisotopic (exact) mass is 326 g/mol. The molecule has 0 saturated heterocycles. The quantitative estimate of drug-likeness (QED) is 0.808. The first-order chi connectivity index (χ1) is 11.5. The van der Waals surface area contributed by atoms with E-state index in [1.54, 1.807) is 0 Å². The average molecular weight is 326 g/mol. The number of carbonyl (C=O) groups is 1. The van der Waals surface area contributed by atoms with Gasteiger partial charge in [0.2, 0.25) is 5.91 Å². The van der Waals surface area contributed by atoms with Gasteiger partial charge >= 0.3 is 0 Å². The minimum absolute atomic E-state index is 0.104. The van der Waals surface area contributed by atoms with Gasteiger partial charge in [0, 0.05) is 17.8 Å². The lowest BCUT2D eigenvalue weighted by Crippen LogP contribution is -2.30. The van der Waals surface area contributed by atoms with Crippen molar-refractivity contribution in [2.75, 3.05) is 11.9 Å². The van der Waals surface area contributed by atoms with E-state index >= 15 is 0 Å². The first kappa shape index (κ1) is 18.0. The number of hydrogen-bond donors (Lipinski definition) is 2. The molecule has 0 aromatic heterocycles. The molecule has 0 aliphatic rings. The molecule has 0 saturated carbocycles. The summed E-state index contributed by atoms with van der Waals surface area (Å²) in [6.07, 6.45) is 0. The lowest BCUT2D eigenvalue weighted by atomic mass is 9.94. The van der Waals surface area contributed by atoms with Gasteiger partial charge in [-0.1, -0.05) is 57.2 Å². The van der Waals surface area contributed by atoms with Crippen LogP contribution >= 0.6 is 0 Å². The molecule has 4 nitrogen and oxygen atoms in total. The normalized spacial score (nSPS) is 13.4. The zero-order valence-electron chi connectivity index (χ0n) is 14.5. The van der Waals surface area contributed by atoms with Gasteiger partial charge in [0.15, 0.2) is 0 Å². The lowest BCUT2D eigenvalue weighted by Gasteiger charge is -2.20. The third kappa shape index (κ3) is 5.10. The Balaban J connectivity index is 1.99. The van der Waals surface area contributed by atoms with Crippen LogP contribution < -0.4 is 15.8 Å². The molecule has 128 valence electrons. The third-order valence-electron chi connectivity index (χ3n) is 3.82. The van der Waals surface area contributed by atoms with Crippen molar-refractivity contribution in [2.24, 2.45) is 17.6 Å². The molecular weight excluding hydrogens is 300 g/mol. The van der Waals surface area contributed by atoms with E-state index in [-0.39, 0.29) is 17.9 Å². The molecule has 0 aliphatic heterocycles. The zero-order chi connectivity index (χ0) is 17.5. The van der Waals surface area contributed by atoms with Gasteiger partial charge in [0.25, 0.3) is 0 Å². The van der Waals surface area contributed by atoms with E-state index in [9.17, 15) is 4.79 Å². The van der Waals surface area contributed by atoms with Gasteiger partial charge in [-0.05, 0) is 23.6 Å². The summed E-state index contributed by atoms with van der Waals surface area (Å²) in [7, 11) is 0. The van der Waals surface area contributed by atoms with E-state index in [0.717, 1.165) is 11.3 Å². The fourth-order valence-corrected chi connectivity index (χ4v) is 2.31. The number of amides is 1. The number of nitrogens with two attached hydrogens (primary N) is 1. The predicted octanol–water partition coefficient (Wildman–Crippen LogP) is 4.00. The van der Waals surface area contributed by atoms with Crippen LogP contribution in [0.2, 0.25) is 0 Å². The molecule has 0 heterocycles. The fraction of sp³-hybridized carbons (Fsp3) is 0.350. The summed E-state index contributed by atoms with van der Waals surface area (Å²) in [4.78, 5) is 12.5. The highest BCUT2D eigenvalue weighted by Gasteiger charge is 2.22. The molecule has 0 radical (unpaired) electrons. The van der Waals surface area contributed by atoms with Gasteiger partial charge in [-0.2, -0.15) is 0 Å². The van der Waals surface area contributed by atoms with Crippen LogP contribution in [0, 0.1) is 11.8 Å². The van der Waals surface area contributed by atoms with E-state index in [4.69, 9.17) is 10.5 Å². The Bertz CT molecular complexity index is 656. The number of hydrogen-bond acceptors (Lipinski definition) is 3. The second-order valence-corrected chi connectivity index (χ2v) is 6.45. The lowest BCUT2D eigenvalue weighted by molar-refractivity contribution is -0.120. The van der Waals surface area contributed by atoms with Crippen LogP contribution in [0.3, 0.4) is 0 Å². The van der Waals surface area contributed by atoms with Gasteiger partial charge in [-0.3, -0.25) is 4.79 Å². The predicted molar refractivity (Wildman–Crippen MR) is 97.9 cm³/mol. The molecule has 1 amide bonds. The van der Waals surface area contributed by atoms with Crippen molar-refractivity contribution in [1.29, 1.82) is 0 Å². The highest BCUT2D eigenvalue weighted by molar-refractivity contribution is 5.93. The van der Waals surface area contributed by atoms with Gasteiger partial charge in [0.1, 0.15) is 5.75 Å². The van der Waals surface area contributed by atoms with E-state index in [1.165, 1.54) is 0 Å². The Morgan fingerprint density at radius 1 is 1.08 bits per heavy atom. The van der Waals surface area contributed by atoms with Crippen LogP contribution in [0.25, 0.3) is 0 Å². The summed E-state index contributed by atoms with van der Waals surface area (Å²) in [5.74, 6) is 0.758. The van der Waals surface area contributed by atoms with Gasteiger partial charge < -0.3 is 15.8 Å². The molecule has 2 aromatic rings. The number of nitrogens with one attached hydrogen (secondary N) is 1. The number of ether oxygens (including phenoxy) is 1. The fourth-order valence-electron chi connectivity index (χ4n) is 2.31. The minimum Gasteiger partial charge on any atom is -0.493 e. The van der Waals surface area contributed by atoms with E-state index in [1.807, 2.05) is 61.5 Å². The number of rotatable bonds is 7. The standard InChI is InChI=1S/C20H26N2O2/c1-14(2)13-24-18-11-7-10-17(12-18)22-20(23)15(3)19(21)16-8-5-4-6-9-16/h4-12,14-15,19H,13,21H2,1-3H3,(H,22,23). The third-order valence-corrected chi connectivity index (χ3v) is 3.82. The van der Waals surface area contributed by atoms with Gasteiger partial charge in [-0.15, -0.1) is 0 Å². The smallest absolute Gasteiger partial charge is 0.229 e. The SMILES string of the molecule is CC(C)COc1cccc(NC(=O)C(C)C(N)c2ccccc2)c1. The summed E-state index contributed by atoms with van der Waals surface area (Å²) in [6.45, 7) is 6.68. The molecule has 0 bridgehead atoms. The summed E-state index contributed by atoms with van der Waals surface area (Å²) in [5.41, 5.74) is 7.89. The minimum atomic E-state index is -0.341. The number of benzene rings is 2. The summed E-state index contributed by atoms with van der Waals surface area (Å²) < 4.78 is 5.69. The molecule has 0 spiro atoms. The van der Waals surface area contributed by atoms with Crippen LogP contribution in [-0.2, 0) is 4.79 Å².